The number of hydrogen-bond acceptors (Lipinski definition) is 5. The summed E-state index contributed by atoms with van der Waals surface area (Å²) in [6, 6.07) is 7.86. The summed E-state index contributed by atoms with van der Waals surface area (Å²) in [7, 11) is 9.59. The van der Waals surface area contributed by atoms with E-state index >= 15 is 0 Å². The SMILES string of the molecule is C1=NC2CCCCC2NCCNC2CCCCC2N=Cc2cccc1n2.[Cl][Mn][Cl]. The van der Waals surface area contributed by atoms with Crippen LogP contribution in [0.25, 0.3) is 0 Å². The molecule has 0 amide bonds. The Morgan fingerprint density at radius 2 is 1.21 bits per heavy atom. The molecule has 2 fully saturated rings. The zero-order chi connectivity index (χ0) is 20.3. The number of aliphatic imine (C=N–C) groups is 2. The van der Waals surface area contributed by atoms with Gasteiger partial charge < -0.3 is 10.6 Å². The molecule has 8 heteroatoms. The molecule has 1 aromatic rings. The summed E-state index contributed by atoms with van der Waals surface area (Å²) in [6.45, 7) is 2.02. The molecule has 0 spiro atoms. The third-order valence-electron chi connectivity index (χ3n) is 5.99. The van der Waals surface area contributed by atoms with Crippen LogP contribution < -0.4 is 10.6 Å². The van der Waals surface area contributed by atoms with Gasteiger partial charge in [-0.15, -0.1) is 0 Å². The fourth-order valence-corrected chi connectivity index (χ4v) is 4.53. The second kappa shape index (κ2) is 13.0. The molecule has 161 valence electrons. The number of aromatic nitrogens is 1. The van der Waals surface area contributed by atoms with Crippen LogP contribution in [-0.2, 0) is 13.1 Å². The summed E-state index contributed by atoms with van der Waals surface area (Å²) in [4.78, 5) is 14.5. The Balaban J connectivity index is 0.000000755. The van der Waals surface area contributed by atoms with Crippen LogP contribution in [0.15, 0.2) is 28.2 Å². The number of pyridine rings is 1. The number of nitrogens with one attached hydrogen (secondary N) is 2. The molecule has 2 bridgehead atoms. The van der Waals surface area contributed by atoms with E-state index in [0.29, 0.717) is 24.2 Å². The standard InChI is InChI=1S/C21H31N5.2ClH.Mn/c1-3-10-20-18(8-1)22-12-13-23-19-9-2-4-11-21(19)25-15-17-7-5-6-16(26-17)14-24-20;;;/h5-7,14-15,18-23H,1-4,8-13H2;2*1H;/q;;;+2/p-2. The quantitative estimate of drug-likeness (QED) is 0.551. The Labute approximate surface area is 189 Å². The molecule has 2 saturated carbocycles. The first kappa shape index (κ1) is 23.2. The van der Waals surface area contributed by atoms with Crippen molar-refractivity contribution in [1.82, 2.24) is 15.6 Å². The first-order valence-electron chi connectivity index (χ1n) is 10.7. The second-order valence-corrected chi connectivity index (χ2v) is 9.87. The van der Waals surface area contributed by atoms with E-state index in [2.05, 4.69) is 16.7 Å². The predicted molar refractivity (Wildman–Crippen MR) is 119 cm³/mol. The predicted octanol–water partition coefficient (Wildman–Crippen LogP) is 4.11. The van der Waals surface area contributed by atoms with E-state index < -0.39 is 0 Å². The molecule has 4 unspecified atom stereocenters. The van der Waals surface area contributed by atoms with Gasteiger partial charge in [0.25, 0.3) is 0 Å². The summed E-state index contributed by atoms with van der Waals surface area (Å²) in [6.07, 6.45) is 13.9. The van der Waals surface area contributed by atoms with E-state index in [-0.39, 0.29) is 13.1 Å². The van der Waals surface area contributed by atoms with Crippen LogP contribution in [0.3, 0.4) is 0 Å². The molecule has 2 N–H and O–H groups in total. The van der Waals surface area contributed by atoms with E-state index in [1.807, 2.05) is 24.6 Å². The minimum atomic E-state index is 0.00694. The molecule has 0 radical (unpaired) electrons. The van der Waals surface area contributed by atoms with Crippen LogP contribution in [0.5, 0.6) is 0 Å². The third-order valence-corrected chi connectivity index (χ3v) is 5.99. The van der Waals surface area contributed by atoms with Gasteiger partial charge in [0.1, 0.15) is 0 Å². The van der Waals surface area contributed by atoms with Gasteiger partial charge in [0.05, 0.1) is 23.5 Å². The number of nitrogens with zero attached hydrogens (tertiary/aromatic N) is 3. The van der Waals surface area contributed by atoms with Crippen molar-refractivity contribution in [3.8, 4) is 0 Å². The van der Waals surface area contributed by atoms with Crippen molar-refractivity contribution >= 4 is 32.6 Å². The maximum absolute atomic E-state index is 4.89. The average molecular weight is 479 g/mol. The van der Waals surface area contributed by atoms with E-state index in [9.17, 15) is 0 Å². The van der Waals surface area contributed by atoms with Crippen LogP contribution in [0.2, 0.25) is 0 Å². The Bertz CT molecular complexity index is 621. The van der Waals surface area contributed by atoms with Crippen LogP contribution in [0, 0.1) is 0 Å². The maximum atomic E-state index is 4.89. The van der Waals surface area contributed by atoms with Crippen molar-refractivity contribution in [2.45, 2.75) is 75.5 Å². The van der Waals surface area contributed by atoms with Gasteiger partial charge in [-0.2, -0.15) is 0 Å². The van der Waals surface area contributed by atoms with Crippen molar-refractivity contribution in [2.75, 3.05) is 13.1 Å². The molecule has 29 heavy (non-hydrogen) atoms. The molecule has 2 heterocycles. The Morgan fingerprint density at radius 1 is 0.759 bits per heavy atom. The molecule has 4 atom stereocenters. The summed E-state index contributed by atoms with van der Waals surface area (Å²) in [5.74, 6) is 0. The molecule has 0 aromatic carbocycles. The van der Waals surface area contributed by atoms with Crippen molar-refractivity contribution in [3.63, 3.8) is 0 Å². The van der Waals surface area contributed by atoms with Gasteiger partial charge in [-0.3, -0.25) is 9.98 Å². The summed E-state index contributed by atoms with van der Waals surface area (Å²) >= 11 is 0.00694. The fraction of sp³-hybridized carbons (Fsp3) is 0.667. The fourth-order valence-electron chi connectivity index (χ4n) is 4.53. The Kier molecular flexibility index (Phi) is 10.4. The number of halogens is 2. The Morgan fingerprint density at radius 3 is 1.69 bits per heavy atom. The Hall–Kier alpha value is -0.491. The number of fused-ring (bicyclic) bond motifs is 4. The van der Waals surface area contributed by atoms with Gasteiger partial charge in [0, 0.05) is 37.6 Å². The normalized spacial score (nSPS) is 30.0. The van der Waals surface area contributed by atoms with Crippen LogP contribution in [0.1, 0.15) is 62.8 Å². The van der Waals surface area contributed by atoms with Crippen molar-refractivity contribution in [3.05, 3.63) is 29.6 Å². The van der Waals surface area contributed by atoms with Gasteiger partial charge >= 0.3 is 33.3 Å². The monoisotopic (exact) mass is 478 g/mol. The van der Waals surface area contributed by atoms with Gasteiger partial charge in [0.15, 0.2) is 0 Å². The van der Waals surface area contributed by atoms with E-state index in [1.165, 1.54) is 51.4 Å². The molecule has 1 aromatic heterocycles. The number of hydrogen-bond donors (Lipinski definition) is 2. The van der Waals surface area contributed by atoms with Crippen molar-refractivity contribution in [2.24, 2.45) is 9.98 Å². The molecule has 3 aliphatic rings. The molecule has 0 saturated heterocycles. The van der Waals surface area contributed by atoms with E-state index in [1.54, 1.807) is 0 Å². The summed E-state index contributed by atoms with van der Waals surface area (Å²) < 4.78 is 0. The second-order valence-electron chi connectivity index (χ2n) is 7.92. The van der Waals surface area contributed by atoms with E-state index in [0.717, 1.165) is 24.5 Å². The topological polar surface area (TPSA) is 61.7 Å². The zero-order valence-corrected chi connectivity index (χ0v) is 19.4. The van der Waals surface area contributed by atoms with Gasteiger partial charge in [-0.1, -0.05) is 31.7 Å². The molecule has 1 aliphatic heterocycles. The van der Waals surface area contributed by atoms with Gasteiger partial charge in [0.2, 0.25) is 0 Å². The molecule has 4 rings (SSSR count). The van der Waals surface area contributed by atoms with Crippen LogP contribution in [-0.4, -0.2) is 54.7 Å². The first-order valence-corrected chi connectivity index (χ1v) is 13.9. The van der Waals surface area contributed by atoms with Gasteiger partial charge in [-0.25, -0.2) is 4.98 Å². The average Bonchev–Trinajstić information content (AvgIpc) is 2.76. The van der Waals surface area contributed by atoms with Crippen LogP contribution in [0.4, 0.5) is 0 Å². The van der Waals surface area contributed by atoms with Crippen molar-refractivity contribution in [1.29, 1.82) is 0 Å². The third kappa shape index (κ3) is 7.61. The number of rotatable bonds is 0. The molecular formula is C21H31Cl2MnN5. The molecule has 5 nitrogen and oxygen atoms in total. The van der Waals surface area contributed by atoms with Gasteiger partial charge in [-0.05, 0) is 37.8 Å². The zero-order valence-electron chi connectivity index (χ0n) is 16.7. The first-order chi connectivity index (χ1) is 14.3. The van der Waals surface area contributed by atoms with E-state index in [4.69, 9.17) is 35.2 Å². The van der Waals surface area contributed by atoms with Crippen LogP contribution >= 0.6 is 20.2 Å². The molecular weight excluding hydrogens is 448 g/mol. The minimum absolute atomic E-state index is 0.00694. The summed E-state index contributed by atoms with van der Waals surface area (Å²) in [5.41, 5.74) is 1.87. The summed E-state index contributed by atoms with van der Waals surface area (Å²) in [5, 5.41) is 7.52. The van der Waals surface area contributed by atoms with Crippen molar-refractivity contribution < 1.29 is 13.1 Å². The molecule has 2 aliphatic carbocycles.